The van der Waals surface area contributed by atoms with Gasteiger partial charge in [-0.1, -0.05) is 29.8 Å². The van der Waals surface area contributed by atoms with Crippen LogP contribution < -0.4 is 0 Å². The monoisotopic (exact) mass is 272 g/mol. The number of rotatable bonds is 5. The molecule has 0 saturated carbocycles. The van der Waals surface area contributed by atoms with E-state index >= 15 is 0 Å². The topological polar surface area (TPSA) is 56.3 Å². The van der Waals surface area contributed by atoms with Crippen LogP contribution in [0.15, 0.2) is 42.6 Å². The van der Waals surface area contributed by atoms with Crippen LogP contribution in [-0.2, 0) is 0 Å². The fourth-order valence-electron chi connectivity index (χ4n) is 2.09. The molecule has 2 rings (SSSR count). The summed E-state index contributed by atoms with van der Waals surface area (Å²) in [5, 5.41) is 10.3. The zero-order chi connectivity index (χ0) is 14.5. The average Bonchev–Trinajstić information content (AvgIpc) is 2.98. The number of carbonyl (C=O) groups excluding carboxylic acids is 1. The van der Waals surface area contributed by atoms with E-state index in [0.29, 0.717) is 12.2 Å². The standard InChI is InChI=1S/C16H20N2O2/c1-3-18(16(20)14-5-4-10-17-14)11-15(19)13-8-6-12(2)7-9-13/h4-10,15,17,19H,3,11H2,1-2H3/t15-/m0/s1. The van der Waals surface area contributed by atoms with Gasteiger partial charge in [-0.2, -0.15) is 0 Å². The Labute approximate surface area is 119 Å². The zero-order valence-electron chi connectivity index (χ0n) is 11.8. The van der Waals surface area contributed by atoms with Crippen molar-refractivity contribution in [2.24, 2.45) is 0 Å². The third kappa shape index (κ3) is 3.27. The van der Waals surface area contributed by atoms with Crippen LogP contribution in [0, 0.1) is 6.92 Å². The molecule has 1 aromatic heterocycles. The van der Waals surface area contributed by atoms with Gasteiger partial charge >= 0.3 is 0 Å². The van der Waals surface area contributed by atoms with Gasteiger partial charge in [-0.25, -0.2) is 0 Å². The molecule has 0 radical (unpaired) electrons. The van der Waals surface area contributed by atoms with E-state index in [9.17, 15) is 9.90 Å². The van der Waals surface area contributed by atoms with Gasteiger partial charge in [-0.3, -0.25) is 4.79 Å². The van der Waals surface area contributed by atoms with Crippen LogP contribution in [0.25, 0.3) is 0 Å². The molecule has 1 aromatic carbocycles. The Kier molecular flexibility index (Phi) is 4.58. The number of aromatic amines is 1. The van der Waals surface area contributed by atoms with E-state index in [4.69, 9.17) is 0 Å². The summed E-state index contributed by atoms with van der Waals surface area (Å²) >= 11 is 0. The molecule has 0 aliphatic heterocycles. The molecule has 0 bridgehead atoms. The number of benzene rings is 1. The number of H-pyrrole nitrogens is 1. The quantitative estimate of drug-likeness (QED) is 0.878. The summed E-state index contributed by atoms with van der Waals surface area (Å²) in [5.41, 5.74) is 2.52. The summed E-state index contributed by atoms with van der Waals surface area (Å²) in [6.07, 6.45) is 1.05. The molecule has 1 amide bonds. The smallest absolute Gasteiger partial charge is 0.270 e. The lowest BCUT2D eigenvalue weighted by Crippen LogP contribution is -2.34. The fourth-order valence-corrected chi connectivity index (χ4v) is 2.09. The van der Waals surface area contributed by atoms with Gasteiger partial charge in [-0.05, 0) is 31.5 Å². The normalized spacial score (nSPS) is 12.2. The molecule has 4 heteroatoms. The van der Waals surface area contributed by atoms with Gasteiger partial charge in [0.1, 0.15) is 5.69 Å². The molecule has 0 fully saturated rings. The Morgan fingerprint density at radius 3 is 2.55 bits per heavy atom. The second kappa shape index (κ2) is 6.39. The van der Waals surface area contributed by atoms with Crippen molar-refractivity contribution in [1.82, 2.24) is 9.88 Å². The van der Waals surface area contributed by atoms with Gasteiger partial charge in [0.05, 0.1) is 12.6 Å². The summed E-state index contributed by atoms with van der Waals surface area (Å²) in [7, 11) is 0. The first-order chi connectivity index (χ1) is 9.61. The number of hydrogen-bond acceptors (Lipinski definition) is 2. The van der Waals surface area contributed by atoms with E-state index in [1.807, 2.05) is 38.1 Å². The molecule has 1 atom stereocenters. The number of carbonyl (C=O) groups is 1. The van der Waals surface area contributed by atoms with E-state index in [1.54, 1.807) is 23.2 Å². The first-order valence-corrected chi connectivity index (χ1v) is 6.79. The Bertz CT molecular complexity index is 546. The van der Waals surface area contributed by atoms with E-state index < -0.39 is 6.10 Å². The second-order valence-corrected chi connectivity index (χ2v) is 4.85. The molecule has 0 aliphatic carbocycles. The van der Waals surface area contributed by atoms with Gasteiger partial charge in [-0.15, -0.1) is 0 Å². The average molecular weight is 272 g/mol. The molecule has 106 valence electrons. The third-order valence-corrected chi connectivity index (χ3v) is 3.35. The Morgan fingerprint density at radius 1 is 1.30 bits per heavy atom. The van der Waals surface area contributed by atoms with E-state index in [0.717, 1.165) is 11.1 Å². The van der Waals surface area contributed by atoms with E-state index in [-0.39, 0.29) is 12.5 Å². The van der Waals surface area contributed by atoms with Crippen LogP contribution in [0.5, 0.6) is 0 Å². The molecule has 2 aromatic rings. The maximum Gasteiger partial charge on any atom is 0.270 e. The van der Waals surface area contributed by atoms with Crippen LogP contribution in [0.4, 0.5) is 0 Å². The predicted octanol–water partition coefficient (Wildman–Crippen LogP) is 2.52. The summed E-state index contributed by atoms with van der Waals surface area (Å²) in [6.45, 7) is 4.75. The SMILES string of the molecule is CCN(C[C@H](O)c1ccc(C)cc1)C(=O)c1ccc[nH]1. The van der Waals surface area contributed by atoms with E-state index in [2.05, 4.69) is 4.98 Å². The maximum absolute atomic E-state index is 12.2. The summed E-state index contributed by atoms with van der Waals surface area (Å²) < 4.78 is 0. The number of amides is 1. The lowest BCUT2D eigenvalue weighted by molar-refractivity contribution is 0.0630. The zero-order valence-corrected chi connectivity index (χ0v) is 11.8. The molecule has 1 heterocycles. The van der Waals surface area contributed by atoms with E-state index in [1.165, 1.54) is 0 Å². The minimum absolute atomic E-state index is 0.0938. The molecule has 20 heavy (non-hydrogen) atoms. The molecule has 0 aliphatic rings. The third-order valence-electron chi connectivity index (χ3n) is 3.35. The van der Waals surface area contributed by atoms with Crippen molar-refractivity contribution < 1.29 is 9.90 Å². The van der Waals surface area contributed by atoms with Crippen molar-refractivity contribution in [2.75, 3.05) is 13.1 Å². The summed E-state index contributed by atoms with van der Waals surface area (Å²) in [4.78, 5) is 16.8. The summed E-state index contributed by atoms with van der Waals surface area (Å²) in [6, 6.07) is 11.2. The highest BCUT2D eigenvalue weighted by Gasteiger charge is 2.19. The van der Waals surface area contributed by atoms with Gasteiger partial charge in [0.2, 0.25) is 0 Å². The first kappa shape index (κ1) is 14.3. The van der Waals surface area contributed by atoms with Crippen LogP contribution >= 0.6 is 0 Å². The number of aromatic nitrogens is 1. The second-order valence-electron chi connectivity index (χ2n) is 4.85. The molecular weight excluding hydrogens is 252 g/mol. The van der Waals surface area contributed by atoms with Crippen molar-refractivity contribution in [2.45, 2.75) is 20.0 Å². The minimum Gasteiger partial charge on any atom is -0.387 e. The summed E-state index contributed by atoms with van der Waals surface area (Å²) in [5.74, 6) is -0.0938. The number of aliphatic hydroxyl groups is 1. The van der Waals surface area contributed by atoms with Crippen molar-refractivity contribution >= 4 is 5.91 Å². The van der Waals surface area contributed by atoms with Crippen LogP contribution in [0.3, 0.4) is 0 Å². The highest BCUT2D eigenvalue weighted by molar-refractivity contribution is 5.92. The molecule has 0 unspecified atom stereocenters. The number of hydrogen-bond donors (Lipinski definition) is 2. The van der Waals surface area contributed by atoms with Crippen LogP contribution in [-0.4, -0.2) is 34.0 Å². The molecule has 2 N–H and O–H groups in total. The maximum atomic E-state index is 12.2. The minimum atomic E-state index is -0.672. The van der Waals surface area contributed by atoms with Gasteiger partial charge in [0.15, 0.2) is 0 Å². The van der Waals surface area contributed by atoms with Gasteiger partial charge in [0.25, 0.3) is 5.91 Å². The Balaban J connectivity index is 2.06. The first-order valence-electron chi connectivity index (χ1n) is 6.79. The number of nitrogens with one attached hydrogen (secondary N) is 1. The van der Waals surface area contributed by atoms with Gasteiger partial charge < -0.3 is 15.0 Å². The lowest BCUT2D eigenvalue weighted by atomic mass is 10.1. The number of aliphatic hydroxyl groups excluding tert-OH is 1. The molecular formula is C16H20N2O2. The molecule has 0 saturated heterocycles. The fraction of sp³-hybridized carbons (Fsp3) is 0.312. The van der Waals surface area contributed by atoms with Crippen LogP contribution in [0.1, 0.15) is 34.6 Å². The largest absolute Gasteiger partial charge is 0.387 e. The van der Waals surface area contributed by atoms with Crippen molar-refractivity contribution in [3.63, 3.8) is 0 Å². The van der Waals surface area contributed by atoms with Gasteiger partial charge in [0, 0.05) is 12.7 Å². The number of likely N-dealkylation sites (N-methyl/N-ethyl adjacent to an activating group) is 1. The highest BCUT2D eigenvalue weighted by Crippen LogP contribution is 2.16. The molecule has 0 spiro atoms. The number of aryl methyl sites for hydroxylation is 1. The van der Waals surface area contributed by atoms with Crippen LogP contribution in [0.2, 0.25) is 0 Å². The Hall–Kier alpha value is -2.07. The van der Waals surface area contributed by atoms with Crippen molar-refractivity contribution in [3.8, 4) is 0 Å². The Morgan fingerprint density at radius 2 is 2.00 bits per heavy atom. The van der Waals surface area contributed by atoms with Crippen molar-refractivity contribution in [1.29, 1.82) is 0 Å². The van der Waals surface area contributed by atoms with Crippen molar-refractivity contribution in [3.05, 3.63) is 59.4 Å². The lowest BCUT2D eigenvalue weighted by Gasteiger charge is -2.23. The predicted molar refractivity (Wildman–Crippen MR) is 78.5 cm³/mol. The molecule has 4 nitrogen and oxygen atoms in total. The number of nitrogens with zero attached hydrogens (tertiary/aromatic N) is 1. The highest BCUT2D eigenvalue weighted by atomic mass is 16.3.